The van der Waals surface area contributed by atoms with E-state index in [9.17, 15) is 19.0 Å². The molecule has 0 bridgehead atoms. The molecular weight excluding hydrogens is 762 g/mol. The Labute approximate surface area is 364 Å². The zero-order valence-corrected chi connectivity index (χ0v) is 40.1. The number of carbonyl (C=O) groups is 2. The minimum atomic E-state index is -4.62. The number of hydrogen-bond acceptors (Lipinski definition) is 8. The molecule has 0 radical (unpaired) electrons. The molecule has 0 amide bonds. The summed E-state index contributed by atoms with van der Waals surface area (Å²) in [7, 11) is 1.17. The summed E-state index contributed by atoms with van der Waals surface area (Å²) in [5.41, 5.74) is 0. The Morgan fingerprint density at radius 2 is 0.915 bits per heavy atom. The molecule has 0 aliphatic carbocycles. The highest BCUT2D eigenvalue weighted by atomic mass is 31.2. The number of carbonyl (C=O) groups excluding carboxylic acids is 2. The van der Waals surface area contributed by atoms with Crippen molar-refractivity contribution >= 4 is 19.8 Å². The van der Waals surface area contributed by atoms with Gasteiger partial charge in [-0.2, -0.15) is 0 Å². The van der Waals surface area contributed by atoms with Crippen molar-refractivity contribution in [1.29, 1.82) is 0 Å². The van der Waals surface area contributed by atoms with Crippen molar-refractivity contribution in [3.05, 3.63) is 24.3 Å². The summed E-state index contributed by atoms with van der Waals surface area (Å²) in [6, 6.07) is 0. The van der Waals surface area contributed by atoms with Crippen molar-refractivity contribution in [2.75, 3.05) is 47.5 Å². The molecule has 0 aromatic heterocycles. The fraction of sp³-hybridized carbons (Fsp3) is 0.878. The number of ether oxygens (including phenoxy) is 2. The molecule has 0 aliphatic heterocycles. The fourth-order valence-electron chi connectivity index (χ4n) is 6.86. The van der Waals surface area contributed by atoms with E-state index in [0.717, 1.165) is 44.9 Å². The highest BCUT2D eigenvalue weighted by Gasteiger charge is 2.21. The molecule has 348 valence electrons. The van der Waals surface area contributed by atoms with E-state index < -0.39 is 26.5 Å². The highest BCUT2D eigenvalue weighted by molar-refractivity contribution is 7.45. The van der Waals surface area contributed by atoms with Crippen molar-refractivity contribution in [3.8, 4) is 0 Å². The SMILES string of the molecule is CCCCCCC/C=C\C/C=C\CCCCCCCCCCCCCC(=O)OC(COC(=O)CCCCCCCCCCCCCC)COP(=O)([O-])OCC[N+](C)(C)C. The largest absolute Gasteiger partial charge is 0.756 e. The van der Waals surface area contributed by atoms with Crippen LogP contribution in [0.3, 0.4) is 0 Å². The van der Waals surface area contributed by atoms with Gasteiger partial charge in [-0.15, -0.1) is 0 Å². The first-order valence-electron chi connectivity index (χ1n) is 24.5. The molecule has 0 aromatic carbocycles. The van der Waals surface area contributed by atoms with Crippen molar-refractivity contribution in [1.82, 2.24) is 0 Å². The second kappa shape index (κ2) is 41.8. The lowest BCUT2D eigenvalue weighted by Gasteiger charge is -2.28. The van der Waals surface area contributed by atoms with Crippen LogP contribution in [0.25, 0.3) is 0 Å². The fourth-order valence-corrected chi connectivity index (χ4v) is 7.59. The number of phosphoric acid groups is 1. The summed E-state index contributed by atoms with van der Waals surface area (Å²) in [5, 5.41) is 0. The van der Waals surface area contributed by atoms with Crippen LogP contribution in [0, 0.1) is 0 Å². The molecule has 0 aliphatic rings. The third kappa shape index (κ3) is 45.8. The van der Waals surface area contributed by atoms with Gasteiger partial charge in [0.25, 0.3) is 7.82 Å². The average molecular weight is 856 g/mol. The Morgan fingerprint density at radius 3 is 1.34 bits per heavy atom. The normalized spacial score (nSPS) is 13.7. The number of phosphoric ester groups is 1. The number of nitrogens with zero attached hydrogens (tertiary/aromatic N) is 1. The second-order valence-corrected chi connectivity index (χ2v) is 19.2. The smallest absolute Gasteiger partial charge is 0.306 e. The number of rotatable bonds is 45. The molecule has 2 unspecified atom stereocenters. The number of hydrogen-bond donors (Lipinski definition) is 0. The number of quaternary nitrogens is 1. The Kier molecular flexibility index (Phi) is 40.8. The number of esters is 2. The summed E-state index contributed by atoms with van der Waals surface area (Å²) in [4.78, 5) is 37.6. The van der Waals surface area contributed by atoms with Crippen LogP contribution in [0.5, 0.6) is 0 Å². The Bertz CT molecular complexity index is 1060. The van der Waals surface area contributed by atoms with Gasteiger partial charge in [0.2, 0.25) is 0 Å². The first-order chi connectivity index (χ1) is 28.5. The van der Waals surface area contributed by atoms with Crippen LogP contribution in [0.1, 0.15) is 226 Å². The van der Waals surface area contributed by atoms with Crippen LogP contribution < -0.4 is 4.89 Å². The summed E-state index contributed by atoms with van der Waals surface area (Å²) in [5.74, 6) is -0.828. The summed E-state index contributed by atoms with van der Waals surface area (Å²) in [6.45, 7) is 4.24. The van der Waals surface area contributed by atoms with Gasteiger partial charge in [0.1, 0.15) is 19.8 Å². The second-order valence-electron chi connectivity index (χ2n) is 17.8. The zero-order valence-electron chi connectivity index (χ0n) is 39.2. The lowest BCUT2D eigenvalue weighted by molar-refractivity contribution is -0.870. The van der Waals surface area contributed by atoms with Crippen molar-refractivity contribution in [2.24, 2.45) is 0 Å². The van der Waals surface area contributed by atoms with Crippen LogP contribution >= 0.6 is 7.82 Å². The van der Waals surface area contributed by atoms with Crippen molar-refractivity contribution in [2.45, 2.75) is 232 Å². The van der Waals surface area contributed by atoms with Crippen LogP contribution in [-0.4, -0.2) is 70.0 Å². The molecule has 0 heterocycles. The third-order valence-electron chi connectivity index (χ3n) is 10.7. The molecule has 0 fully saturated rings. The zero-order chi connectivity index (χ0) is 43.6. The van der Waals surface area contributed by atoms with Gasteiger partial charge >= 0.3 is 11.9 Å². The molecule has 59 heavy (non-hydrogen) atoms. The Morgan fingerprint density at radius 1 is 0.525 bits per heavy atom. The maximum Gasteiger partial charge on any atom is 0.306 e. The first-order valence-corrected chi connectivity index (χ1v) is 26.0. The quantitative estimate of drug-likeness (QED) is 0.0196. The molecule has 10 heteroatoms. The topological polar surface area (TPSA) is 111 Å². The van der Waals surface area contributed by atoms with E-state index in [1.807, 2.05) is 21.1 Å². The molecule has 0 spiro atoms. The van der Waals surface area contributed by atoms with Crippen molar-refractivity contribution in [3.63, 3.8) is 0 Å². The van der Waals surface area contributed by atoms with E-state index in [2.05, 4.69) is 38.2 Å². The van der Waals surface area contributed by atoms with Gasteiger partial charge in [-0.3, -0.25) is 14.2 Å². The monoisotopic (exact) mass is 856 g/mol. The minimum absolute atomic E-state index is 0.0290. The maximum absolute atomic E-state index is 12.7. The lowest BCUT2D eigenvalue weighted by atomic mass is 10.0. The van der Waals surface area contributed by atoms with Crippen LogP contribution in [-0.2, 0) is 32.7 Å². The molecule has 0 saturated carbocycles. The van der Waals surface area contributed by atoms with Gasteiger partial charge in [-0.05, 0) is 44.9 Å². The van der Waals surface area contributed by atoms with E-state index >= 15 is 0 Å². The number of allylic oxidation sites excluding steroid dienone is 4. The Balaban J connectivity index is 4.21. The van der Waals surface area contributed by atoms with Gasteiger partial charge in [0, 0.05) is 12.8 Å². The number of unbranched alkanes of at least 4 members (excludes halogenated alkanes) is 27. The summed E-state index contributed by atoms with van der Waals surface area (Å²) < 4.78 is 34.0. The average Bonchev–Trinajstić information content (AvgIpc) is 3.19. The van der Waals surface area contributed by atoms with E-state index in [-0.39, 0.29) is 32.0 Å². The van der Waals surface area contributed by atoms with Crippen molar-refractivity contribution < 1.29 is 42.1 Å². The predicted octanol–water partition coefficient (Wildman–Crippen LogP) is 13.7. The van der Waals surface area contributed by atoms with E-state index in [1.165, 1.54) is 148 Å². The lowest BCUT2D eigenvalue weighted by Crippen LogP contribution is -2.37. The molecule has 9 nitrogen and oxygen atoms in total. The summed E-state index contributed by atoms with van der Waals surface area (Å²) >= 11 is 0. The van der Waals surface area contributed by atoms with Gasteiger partial charge < -0.3 is 27.9 Å². The van der Waals surface area contributed by atoms with Crippen LogP contribution in [0.4, 0.5) is 0 Å². The predicted molar refractivity (Wildman–Crippen MR) is 245 cm³/mol. The molecular formula is C49H94NO8P. The van der Waals surface area contributed by atoms with Crippen LogP contribution in [0.15, 0.2) is 24.3 Å². The molecule has 0 saturated heterocycles. The van der Waals surface area contributed by atoms with E-state index in [0.29, 0.717) is 17.4 Å². The Hall–Kier alpha value is -1.51. The molecule has 2 atom stereocenters. The maximum atomic E-state index is 12.7. The van der Waals surface area contributed by atoms with E-state index in [4.69, 9.17) is 18.5 Å². The molecule has 0 N–H and O–H groups in total. The number of likely N-dealkylation sites (N-methyl/N-ethyl adjacent to an activating group) is 1. The highest BCUT2D eigenvalue weighted by Crippen LogP contribution is 2.38. The van der Waals surface area contributed by atoms with Gasteiger partial charge in [0.15, 0.2) is 6.10 Å². The van der Waals surface area contributed by atoms with Gasteiger partial charge in [-0.1, -0.05) is 192 Å². The third-order valence-corrected chi connectivity index (χ3v) is 11.7. The minimum Gasteiger partial charge on any atom is -0.756 e. The standard InChI is InChI=1S/C49H94NO8P/c1-6-8-10-12-14-16-18-20-21-22-23-24-25-26-27-28-29-30-32-34-36-38-40-42-49(52)58-47(46-57-59(53,54)56-44-43-50(3,4)5)45-55-48(51)41-39-37-35-33-31-19-17-15-13-11-9-7-2/h18,20,22-23,47H,6-17,19,21,24-46H2,1-5H3/b20-18-,23-22-. The first kappa shape index (κ1) is 57.5. The summed E-state index contributed by atoms with van der Waals surface area (Å²) in [6.07, 6.45) is 46.3. The van der Waals surface area contributed by atoms with E-state index in [1.54, 1.807) is 0 Å². The molecule has 0 aromatic rings. The van der Waals surface area contributed by atoms with Crippen LogP contribution in [0.2, 0.25) is 0 Å². The van der Waals surface area contributed by atoms with Gasteiger partial charge in [-0.25, -0.2) is 0 Å². The van der Waals surface area contributed by atoms with Gasteiger partial charge in [0.05, 0.1) is 27.7 Å². The molecule has 0 rings (SSSR count).